The van der Waals surface area contributed by atoms with Crippen molar-refractivity contribution in [3.05, 3.63) is 81.4 Å². The summed E-state index contributed by atoms with van der Waals surface area (Å²) in [6, 6.07) is 8.23. The number of aromatic amines is 2. The van der Waals surface area contributed by atoms with Crippen LogP contribution in [0.3, 0.4) is 0 Å². The Morgan fingerprint density at radius 3 is 2.48 bits per heavy atom. The molecular formula is C26H29FN8O7. The summed E-state index contributed by atoms with van der Waals surface area (Å²) >= 11 is 0. The Morgan fingerprint density at radius 1 is 1.24 bits per heavy atom. The van der Waals surface area contributed by atoms with Gasteiger partial charge in [-0.05, 0) is 30.3 Å². The lowest BCUT2D eigenvalue weighted by molar-refractivity contribution is -0.134. The number of hydrogen-bond acceptors (Lipinski definition) is 10. The highest BCUT2D eigenvalue weighted by Crippen LogP contribution is 2.35. The van der Waals surface area contributed by atoms with Gasteiger partial charge in [-0.1, -0.05) is 0 Å². The van der Waals surface area contributed by atoms with Gasteiger partial charge in [-0.25, -0.2) is 9.18 Å². The molecule has 4 rings (SSSR count). The van der Waals surface area contributed by atoms with Crippen molar-refractivity contribution in [3.8, 4) is 17.3 Å². The predicted octanol–water partition coefficient (Wildman–Crippen LogP) is 1.73. The van der Waals surface area contributed by atoms with Gasteiger partial charge in [0.25, 0.3) is 12.4 Å². The molecule has 0 saturated heterocycles. The van der Waals surface area contributed by atoms with Crippen LogP contribution in [0.1, 0.15) is 35.5 Å². The number of benzene rings is 2. The number of H-pyrrole nitrogens is 2. The van der Waals surface area contributed by atoms with E-state index in [1.165, 1.54) is 32.5 Å². The smallest absolute Gasteiger partial charge is 0.349 e. The number of carboxylic acid groups (broad SMARTS) is 1. The maximum atomic E-state index is 15.4. The van der Waals surface area contributed by atoms with E-state index in [-0.39, 0.29) is 47.6 Å². The Hall–Kier alpha value is -5.67. The summed E-state index contributed by atoms with van der Waals surface area (Å²) in [5, 5.41) is 29.3. The number of methoxy groups -OCH3 is 2. The van der Waals surface area contributed by atoms with Crippen LogP contribution in [0.4, 0.5) is 10.1 Å². The van der Waals surface area contributed by atoms with Gasteiger partial charge in [-0.15, -0.1) is 5.10 Å². The minimum absolute atomic E-state index is 0.0827. The molecule has 2 aromatic heterocycles. The third-order valence-corrected chi connectivity index (χ3v) is 5.69. The van der Waals surface area contributed by atoms with E-state index in [4.69, 9.17) is 35.3 Å². The van der Waals surface area contributed by atoms with E-state index in [2.05, 4.69) is 25.6 Å². The van der Waals surface area contributed by atoms with Gasteiger partial charge in [0.15, 0.2) is 23.1 Å². The van der Waals surface area contributed by atoms with Gasteiger partial charge in [-0.2, -0.15) is 9.78 Å². The second kappa shape index (κ2) is 14.1. The zero-order chi connectivity index (χ0) is 30.8. The van der Waals surface area contributed by atoms with E-state index >= 15 is 4.39 Å². The minimum atomic E-state index is -0.989. The number of nitrogens with zero attached hydrogens (tertiary/aromatic N) is 3. The van der Waals surface area contributed by atoms with Crippen molar-refractivity contribution in [2.45, 2.75) is 19.4 Å². The molecule has 0 aliphatic heterocycles. The van der Waals surface area contributed by atoms with Crippen molar-refractivity contribution >= 4 is 24.0 Å². The summed E-state index contributed by atoms with van der Waals surface area (Å²) in [6.07, 6.45) is 1.78. The van der Waals surface area contributed by atoms with Crippen LogP contribution in [0.5, 0.6) is 11.5 Å². The van der Waals surface area contributed by atoms with Crippen LogP contribution in [-0.4, -0.2) is 69.2 Å². The standard InChI is InChI=1S/C24H25FN8O5.C2H4O2/c1-36-18-9-16(17(25)10-19(18)37-2)20(29-15-5-3-13(4-6-15)21(26)27)22-30-24(35)33(32-22)23-14(11-28-31-23)7-8-38-12-34;1-2(3)4/h3-6,9-12,20,29H,7-8H2,1-2H3,(H3,26,27)(H,28,31)(H,30,32,35);1H3,(H,3,4). The van der Waals surface area contributed by atoms with E-state index in [9.17, 15) is 9.59 Å². The van der Waals surface area contributed by atoms with E-state index in [1.807, 2.05) is 0 Å². The Labute approximate surface area is 237 Å². The summed E-state index contributed by atoms with van der Waals surface area (Å²) in [6.45, 7) is 1.49. The highest BCUT2D eigenvalue weighted by molar-refractivity contribution is 5.95. The van der Waals surface area contributed by atoms with Gasteiger partial charge in [0, 0.05) is 41.8 Å². The van der Waals surface area contributed by atoms with Crippen molar-refractivity contribution in [2.75, 3.05) is 26.1 Å². The first kappa shape index (κ1) is 30.9. The van der Waals surface area contributed by atoms with Crippen LogP contribution in [0.15, 0.2) is 47.4 Å². The van der Waals surface area contributed by atoms with Crippen LogP contribution in [0, 0.1) is 11.2 Å². The van der Waals surface area contributed by atoms with Crippen LogP contribution in [-0.2, 0) is 20.7 Å². The number of nitrogens with one attached hydrogen (secondary N) is 4. The first-order valence-electron chi connectivity index (χ1n) is 12.2. The summed E-state index contributed by atoms with van der Waals surface area (Å²) in [5.41, 5.74) is 6.67. The second-order valence-electron chi connectivity index (χ2n) is 8.50. The number of ether oxygens (including phenoxy) is 3. The quantitative estimate of drug-likeness (QED) is 0.0608. The Kier molecular flexibility index (Phi) is 10.4. The second-order valence-corrected chi connectivity index (χ2v) is 8.50. The third kappa shape index (κ3) is 7.50. The van der Waals surface area contributed by atoms with E-state index in [0.717, 1.165) is 11.6 Å². The molecule has 0 aliphatic carbocycles. The van der Waals surface area contributed by atoms with E-state index < -0.39 is 23.5 Å². The number of carboxylic acids is 1. The molecule has 2 aromatic carbocycles. The number of carbonyl (C=O) groups excluding carboxylic acids is 1. The lowest BCUT2D eigenvalue weighted by Gasteiger charge is -2.20. The molecule has 222 valence electrons. The first-order chi connectivity index (χ1) is 20.1. The number of nitrogens with two attached hydrogens (primary N) is 1. The molecule has 7 N–H and O–H groups in total. The molecule has 4 aromatic rings. The molecule has 0 spiro atoms. The maximum Gasteiger partial charge on any atom is 0.349 e. The molecule has 15 nitrogen and oxygen atoms in total. The topological polar surface area (TPSA) is 223 Å². The summed E-state index contributed by atoms with van der Waals surface area (Å²) < 4.78 is 31.7. The molecule has 0 saturated carbocycles. The molecule has 1 atom stereocenters. The molecule has 1 unspecified atom stereocenters. The number of aliphatic carboxylic acids is 1. The average Bonchev–Trinajstić information content (AvgIpc) is 3.57. The molecular weight excluding hydrogens is 555 g/mol. The van der Waals surface area contributed by atoms with E-state index in [1.54, 1.807) is 24.3 Å². The highest BCUT2D eigenvalue weighted by Gasteiger charge is 2.26. The number of amidine groups is 1. The van der Waals surface area contributed by atoms with Gasteiger partial charge in [0.05, 0.1) is 27.0 Å². The molecule has 42 heavy (non-hydrogen) atoms. The van der Waals surface area contributed by atoms with Crippen molar-refractivity contribution < 1.29 is 33.3 Å². The predicted molar refractivity (Wildman–Crippen MR) is 148 cm³/mol. The number of rotatable bonds is 12. The summed E-state index contributed by atoms with van der Waals surface area (Å²) in [5.74, 6) is -0.752. The van der Waals surface area contributed by atoms with Crippen molar-refractivity contribution in [1.29, 1.82) is 5.41 Å². The van der Waals surface area contributed by atoms with Crippen molar-refractivity contribution in [2.24, 2.45) is 5.73 Å². The number of halogens is 1. The fourth-order valence-electron chi connectivity index (χ4n) is 3.81. The van der Waals surface area contributed by atoms with Crippen molar-refractivity contribution in [1.82, 2.24) is 25.0 Å². The van der Waals surface area contributed by atoms with Gasteiger partial charge < -0.3 is 30.4 Å². The van der Waals surface area contributed by atoms with Crippen molar-refractivity contribution in [3.63, 3.8) is 0 Å². The lowest BCUT2D eigenvalue weighted by atomic mass is 10.0. The molecule has 0 aliphatic rings. The largest absolute Gasteiger partial charge is 0.493 e. The van der Waals surface area contributed by atoms with E-state index in [0.29, 0.717) is 23.3 Å². The summed E-state index contributed by atoms with van der Waals surface area (Å²) in [7, 11) is 2.82. The number of anilines is 1. The number of aromatic nitrogens is 5. The molecule has 2 heterocycles. The Balaban J connectivity index is 0.00000114. The molecule has 0 bridgehead atoms. The fraction of sp³-hybridized carbons (Fsp3) is 0.231. The number of nitrogen functional groups attached to an aromatic ring is 1. The Bertz CT molecular complexity index is 1590. The van der Waals surface area contributed by atoms with Crippen LogP contribution < -0.4 is 26.2 Å². The van der Waals surface area contributed by atoms with Crippen LogP contribution in [0.25, 0.3) is 5.82 Å². The molecule has 0 fully saturated rings. The van der Waals surface area contributed by atoms with Gasteiger partial charge in [-0.3, -0.25) is 25.1 Å². The third-order valence-electron chi connectivity index (χ3n) is 5.69. The normalized spacial score (nSPS) is 11.0. The monoisotopic (exact) mass is 584 g/mol. The van der Waals surface area contributed by atoms with Gasteiger partial charge in [0.1, 0.15) is 17.7 Å². The average molecular weight is 585 g/mol. The fourth-order valence-corrected chi connectivity index (χ4v) is 3.81. The minimum Gasteiger partial charge on any atom is -0.493 e. The Morgan fingerprint density at radius 2 is 1.88 bits per heavy atom. The zero-order valence-electron chi connectivity index (χ0n) is 22.8. The van der Waals surface area contributed by atoms with Gasteiger partial charge >= 0.3 is 5.69 Å². The lowest BCUT2D eigenvalue weighted by Crippen LogP contribution is -2.18. The number of hydrogen-bond donors (Lipinski definition) is 6. The summed E-state index contributed by atoms with van der Waals surface area (Å²) in [4.78, 5) is 35.1. The SMILES string of the molecule is CC(=O)O.COc1cc(F)c(C(Nc2ccc(C(=N)N)cc2)c2nn(-c3[nH]ncc3CCOC=O)c(=O)[nH]2)cc1OC. The highest BCUT2D eigenvalue weighted by atomic mass is 19.1. The van der Waals surface area contributed by atoms with Crippen LogP contribution >= 0.6 is 0 Å². The molecule has 16 heteroatoms. The molecule has 0 radical (unpaired) electrons. The van der Waals surface area contributed by atoms with Crippen LogP contribution in [0.2, 0.25) is 0 Å². The number of carbonyl (C=O) groups is 2. The van der Waals surface area contributed by atoms with Gasteiger partial charge in [0.2, 0.25) is 0 Å². The molecule has 0 amide bonds. The maximum absolute atomic E-state index is 15.4. The zero-order valence-corrected chi connectivity index (χ0v) is 22.8. The first-order valence-corrected chi connectivity index (χ1v) is 12.2.